The molecule has 1 aliphatic rings. The molecule has 3 aromatic rings. The molecule has 3 heteroatoms. The van der Waals surface area contributed by atoms with Gasteiger partial charge in [0.05, 0.1) is 5.03 Å². The molecule has 0 fully saturated rings. The fourth-order valence-electron chi connectivity index (χ4n) is 3.24. The maximum atomic E-state index is 12.3. The molecular formula is C19H17NOS. The van der Waals surface area contributed by atoms with Crippen LogP contribution in [0.4, 0.5) is 0 Å². The summed E-state index contributed by atoms with van der Waals surface area (Å²) in [6.45, 7) is 2.98. The van der Waals surface area contributed by atoms with Gasteiger partial charge in [-0.25, -0.2) is 0 Å². The van der Waals surface area contributed by atoms with E-state index >= 15 is 0 Å². The van der Waals surface area contributed by atoms with E-state index in [4.69, 9.17) is 0 Å². The number of rotatable bonds is 2. The minimum absolute atomic E-state index is 0.140. The Hall–Kier alpha value is -2.00. The van der Waals surface area contributed by atoms with Crippen LogP contribution in [0, 0.1) is 6.92 Å². The number of hydrogen-bond donors (Lipinski definition) is 0. The van der Waals surface area contributed by atoms with E-state index in [9.17, 15) is 4.79 Å². The molecule has 2 nitrogen and oxygen atoms in total. The van der Waals surface area contributed by atoms with Crippen molar-refractivity contribution in [2.45, 2.75) is 24.9 Å². The predicted molar refractivity (Wildman–Crippen MR) is 92.9 cm³/mol. The second kappa shape index (κ2) is 5.33. The monoisotopic (exact) mass is 307 g/mol. The van der Waals surface area contributed by atoms with Gasteiger partial charge in [0.2, 0.25) is 0 Å². The van der Waals surface area contributed by atoms with E-state index in [-0.39, 0.29) is 5.56 Å². The van der Waals surface area contributed by atoms with Crippen molar-refractivity contribution in [1.82, 2.24) is 4.57 Å². The van der Waals surface area contributed by atoms with Crippen molar-refractivity contribution in [3.63, 3.8) is 0 Å². The Morgan fingerprint density at radius 1 is 1.09 bits per heavy atom. The van der Waals surface area contributed by atoms with Gasteiger partial charge >= 0.3 is 0 Å². The summed E-state index contributed by atoms with van der Waals surface area (Å²) in [6.07, 6.45) is 0.816. The highest BCUT2D eigenvalue weighted by Crippen LogP contribution is 2.30. The molecule has 2 heterocycles. The van der Waals surface area contributed by atoms with Gasteiger partial charge < -0.3 is 4.57 Å². The van der Waals surface area contributed by atoms with Crippen LogP contribution in [0.15, 0.2) is 58.4 Å². The van der Waals surface area contributed by atoms with Crippen LogP contribution in [-0.2, 0) is 13.0 Å². The van der Waals surface area contributed by atoms with Crippen LogP contribution in [-0.4, -0.2) is 10.3 Å². The van der Waals surface area contributed by atoms with Crippen molar-refractivity contribution in [3.8, 4) is 0 Å². The van der Waals surface area contributed by atoms with Gasteiger partial charge in [0, 0.05) is 18.4 Å². The minimum atomic E-state index is 0.140. The van der Waals surface area contributed by atoms with Gasteiger partial charge in [-0.1, -0.05) is 42.5 Å². The van der Waals surface area contributed by atoms with E-state index in [2.05, 4.69) is 49.4 Å². The average Bonchev–Trinajstić information content (AvgIpc) is 3.03. The van der Waals surface area contributed by atoms with E-state index in [1.165, 1.54) is 21.9 Å². The topological polar surface area (TPSA) is 22.0 Å². The highest BCUT2D eigenvalue weighted by molar-refractivity contribution is 7.99. The maximum absolute atomic E-state index is 12.3. The first-order chi connectivity index (χ1) is 10.7. The molecule has 0 N–H and O–H groups in total. The highest BCUT2D eigenvalue weighted by atomic mass is 32.2. The van der Waals surface area contributed by atoms with Gasteiger partial charge in [-0.15, -0.1) is 11.8 Å². The Morgan fingerprint density at radius 2 is 1.91 bits per heavy atom. The average molecular weight is 307 g/mol. The fourth-order valence-corrected chi connectivity index (χ4v) is 4.39. The summed E-state index contributed by atoms with van der Waals surface area (Å²) in [6, 6.07) is 16.7. The third-order valence-corrected chi connectivity index (χ3v) is 5.61. The highest BCUT2D eigenvalue weighted by Gasteiger charge is 2.18. The number of benzene rings is 2. The molecule has 2 aromatic carbocycles. The van der Waals surface area contributed by atoms with E-state index in [1.807, 2.05) is 10.6 Å². The molecule has 0 radical (unpaired) electrons. The standard InChI is InChI=1S/C19H17NOS/c1-13-16(12-18(21)20-9-10-22-19(13)20)11-15-7-4-6-14-5-2-3-8-17(14)15/h2-8,12H,9-11H2,1H3. The molecule has 1 aliphatic heterocycles. The van der Waals surface area contributed by atoms with Crippen LogP contribution in [0.3, 0.4) is 0 Å². The summed E-state index contributed by atoms with van der Waals surface area (Å²) in [7, 11) is 0. The fraction of sp³-hybridized carbons (Fsp3) is 0.211. The molecule has 0 atom stereocenters. The Bertz CT molecular complexity index is 921. The molecule has 0 bridgehead atoms. The van der Waals surface area contributed by atoms with Gasteiger partial charge in [-0.3, -0.25) is 4.79 Å². The molecule has 0 unspecified atom stereocenters. The van der Waals surface area contributed by atoms with Crippen molar-refractivity contribution in [3.05, 3.63) is 75.6 Å². The van der Waals surface area contributed by atoms with Gasteiger partial charge in [0.25, 0.3) is 5.56 Å². The summed E-state index contributed by atoms with van der Waals surface area (Å²) < 4.78 is 1.91. The maximum Gasteiger partial charge on any atom is 0.251 e. The lowest BCUT2D eigenvalue weighted by molar-refractivity contribution is 0.680. The zero-order chi connectivity index (χ0) is 15.1. The number of aromatic nitrogens is 1. The van der Waals surface area contributed by atoms with Crippen molar-refractivity contribution in [1.29, 1.82) is 0 Å². The number of nitrogens with zero attached hydrogens (tertiary/aromatic N) is 1. The lowest BCUT2D eigenvalue weighted by Gasteiger charge is -2.12. The van der Waals surface area contributed by atoms with Crippen LogP contribution >= 0.6 is 11.8 Å². The molecule has 4 rings (SSSR count). The van der Waals surface area contributed by atoms with Gasteiger partial charge in [0.1, 0.15) is 0 Å². The molecule has 110 valence electrons. The summed E-state index contributed by atoms with van der Waals surface area (Å²) in [5.74, 6) is 1.01. The number of hydrogen-bond acceptors (Lipinski definition) is 2. The van der Waals surface area contributed by atoms with Crippen LogP contribution < -0.4 is 5.56 Å². The second-order valence-corrected chi connectivity index (χ2v) is 6.84. The largest absolute Gasteiger partial charge is 0.302 e. The Kier molecular flexibility index (Phi) is 3.30. The van der Waals surface area contributed by atoms with Crippen LogP contribution in [0.5, 0.6) is 0 Å². The third kappa shape index (κ3) is 2.17. The Labute approximate surface area is 133 Å². The van der Waals surface area contributed by atoms with Crippen molar-refractivity contribution < 1.29 is 0 Å². The molecule has 0 amide bonds. The molecule has 0 aliphatic carbocycles. The van der Waals surface area contributed by atoms with E-state index < -0.39 is 0 Å². The smallest absolute Gasteiger partial charge is 0.251 e. The summed E-state index contributed by atoms with van der Waals surface area (Å²) in [4.78, 5) is 12.3. The number of fused-ring (bicyclic) bond motifs is 2. The molecule has 0 saturated heterocycles. The Balaban J connectivity index is 1.84. The zero-order valence-electron chi connectivity index (χ0n) is 12.5. The van der Waals surface area contributed by atoms with E-state index in [0.29, 0.717) is 0 Å². The van der Waals surface area contributed by atoms with Gasteiger partial charge in [-0.05, 0) is 40.8 Å². The van der Waals surface area contributed by atoms with Crippen LogP contribution in [0.2, 0.25) is 0 Å². The minimum Gasteiger partial charge on any atom is -0.302 e. The first-order valence-electron chi connectivity index (χ1n) is 7.57. The SMILES string of the molecule is Cc1c(Cc2cccc3ccccc23)cc(=O)n2c1SCC2. The molecule has 22 heavy (non-hydrogen) atoms. The first kappa shape index (κ1) is 13.6. The van der Waals surface area contributed by atoms with E-state index in [1.54, 1.807) is 11.8 Å². The number of pyridine rings is 1. The predicted octanol–water partition coefficient (Wildman–Crippen LogP) is 4.01. The van der Waals surface area contributed by atoms with Gasteiger partial charge in [0.15, 0.2) is 0 Å². The lowest BCUT2D eigenvalue weighted by atomic mass is 9.97. The van der Waals surface area contributed by atoms with E-state index in [0.717, 1.165) is 29.3 Å². The van der Waals surface area contributed by atoms with Crippen molar-refractivity contribution in [2.75, 3.05) is 5.75 Å². The summed E-state index contributed by atoms with van der Waals surface area (Å²) in [5, 5.41) is 3.69. The first-order valence-corrected chi connectivity index (χ1v) is 8.55. The van der Waals surface area contributed by atoms with Crippen LogP contribution in [0.1, 0.15) is 16.7 Å². The summed E-state index contributed by atoms with van der Waals surface area (Å²) >= 11 is 1.80. The molecular weight excluding hydrogens is 290 g/mol. The van der Waals surface area contributed by atoms with Crippen molar-refractivity contribution >= 4 is 22.5 Å². The second-order valence-electron chi connectivity index (χ2n) is 5.75. The third-order valence-electron chi connectivity index (χ3n) is 4.43. The van der Waals surface area contributed by atoms with Crippen LogP contribution in [0.25, 0.3) is 10.8 Å². The molecule has 0 saturated carbocycles. The normalized spacial score (nSPS) is 13.5. The van der Waals surface area contributed by atoms with Gasteiger partial charge in [-0.2, -0.15) is 0 Å². The number of thioether (sulfide) groups is 1. The molecule has 1 aromatic heterocycles. The quantitative estimate of drug-likeness (QED) is 0.714. The lowest BCUT2D eigenvalue weighted by Crippen LogP contribution is -2.20. The zero-order valence-corrected chi connectivity index (χ0v) is 13.3. The summed E-state index contributed by atoms with van der Waals surface area (Å²) in [5.41, 5.74) is 3.84. The van der Waals surface area contributed by atoms with Crippen molar-refractivity contribution in [2.24, 2.45) is 0 Å². The molecule has 0 spiro atoms. The Morgan fingerprint density at radius 3 is 2.82 bits per heavy atom.